The molecule has 3 heterocycles. The Labute approximate surface area is 162 Å². The van der Waals surface area contributed by atoms with Crippen molar-refractivity contribution >= 4 is 22.9 Å². The van der Waals surface area contributed by atoms with E-state index in [9.17, 15) is 9.50 Å². The quantitative estimate of drug-likeness (QED) is 0.831. The van der Waals surface area contributed by atoms with Crippen molar-refractivity contribution < 1.29 is 14.2 Å². The molecule has 4 rings (SSSR count). The Morgan fingerprint density at radius 1 is 1.38 bits per heavy atom. The third-order valence-corrected chi connectivity index (χ3v) is 7.43. The zero-order valence-electron chi connectivity index (χ0n) is 14.8. The number of rotatable bonds is 3. The second kappa shape index (κ2) is 7.21. The first-order valence-corrected chi connectivity index (χ1v) is 10.3. The van der Waals surface area contributed by atoms with Gasteiger partial charge in [-0.3, -0.25) is 4.90 Å². The van der Waals surface area contributed by atoms with E-state index in [0.717, 1.165) is 43.5 Å². The maximum Gasteiger partial charge on any atom is 0.123 e. The van der Waals surface area contributed by atoms with Gasteiger partial charge in [0.2, 0.25) is 0 Å². The number of hydrogen-bond acceptors (Lipinski definition) is 4. The lowest BCUT2D eigenvalue weighted by molar-refractivity contribution is -0.110. The highest BCUT2D eigenvalue weighted by molar-refractivity contribution is 7.16. The fraction of sp³-hybridized carbons (Fsp3) is 0.500. The normalized spacial score (nSPS) is 26.2. The van der Waals surface area contributed by atoms with Crippen molar-refractivity contribution in [2.45, 2.75) is 51.0 Å². The van der Waals surface area contributed by atoms with E-state index in [0.29, 0.717) is 17.0 Å². The second-order valence-electron chi connectivity index (χ2n) is 7.31. The Morgan fingerprint density at radius 2 is 2.15 bits per heavy atom. The lowest BCUT2D eigenvalue weighted by atomic mass is 9.81. The number of piperidine rings is 1. The largest absolute Gasteiger partial charge is 0.392 e. The molecular formula is C20H23ClFNO2S. The van der Waals surface area contributed by atoms with Gasteiger partial charge in [0.15, 0.2) is 0 Å². The average molecular weight is 396 g/mol. The van der Waals surface area contributed by atoms with Crippen LogP contribution in [0.3, 0.4) is 0 Å². The minimum absolute atomic E-state index is 0.00695. The van der Waals surface area contributed by atoms with Crippen molar-refractivity contribution in [2.75, 3.05) is 13.2 Å². The molecule has 2 aliphatic rings. The van der Waals surface area contributed by atoms with Gasteiger partial charge in [-0.2, -0.15) is 0 Å². The second-order valence-corrected chi connectivity index (χ2v) is 8.94. The summed E-state index contributed by atoms with van der Waals surface area (Å²) in [6.07, 6.45) is 2.64. The van der Waals surface area contributed by atoms with Crippen LogP contribution in [-0.2, 0) is 29.9 Å². The highest BCUT2D eigenvalue weighted by Crippen LogP contribution is 2.49. The number of benzene rings is 1. The van der Waals surface area contributed by atoms with Gasteiger partial charge in [-0.05, 0) is 49.4 Å². The summed E-state index contributed by atoms with van der Waals surface area (Å²) in [5, 5.41) is 9.67. The van der Waals surface area contributed by atoms with Gasteiger partial charge in [0.05, 0.1) is 17.6 Å². The predicted molar refractivity (Wildman–Crippen MR) is 102 cm³/mol. The van der Waals surface area contributed by atoms with E-state index in [2.05, 4.69) is 11.8 Å². The summed E-state index contributed by atoms with van der Waals surface area (Å²) in [5.41, 5.74) is 2.93. The van der Waals surface area contributed by atoms with Crippen LogP contribution >= 0.6 is 22.9 Å². The van der Waals surface area contributed by atoms with Gasteiger partial charge in [-0.1, -0.05) is 23.7 Å². The van der Waals surface area contributed by atoms with Crippen molar-refractivity contribution in [3.63, 3.8) is 0 Å². The van der Waals surface area contributed by atoms with Crippen LogP contribution in [0.2, 0.25) is 4.34 Å². The Morgan fingerprint density at radius 3 is 2.85 bits per heavy atom. The molecule has 1 fully saturated rings. The SMILES string of the molecule is C[C@H]1C[C@@]2(CCN1Cc1ccc(F)cc1)OCCc1c2sc(Cl)c1CO. The number of nitrogens with zero attached hydrogens (tertiary/aromatic N) is 1. The molecular weight excluding hydrogens is 373 g/mol. The molecule has 3 nitrogen and oxygen atoms in total. The van der Waals surface area contributed by atoms with Crippen LogP contribution in [0.5, 0.6) is 0 Å². The summed E-state index contributed by atoms with van der Waals surface area (Å²) in [7, 11) is 0. The van der Waals surface area contributed by atoms with E-state index in [1.54, 1.807) is 11.3 Å². The van der Waals surface area contributed by atoms with E-state index >= 15 is 0 Å². The molecule has 26 heavy (non-hydrogen) atoms. The van der Waals surface area contributed by atoms with Crippen molar-refractivity contribution in [1.82, 2.24) is 4.90 Å². The fourth-order valence-corrected chi connectivity index (χ4v) is 6.00. The average Bonchev–Trinajstić information content (AvgIpc) is 2.96. The smallest absolute Gasteiger partial charge is 0.123 e. The summed E-state index contributed by atoms with van der Waals surface area (Å²) in [6, 6.07) is 7.10. The minimum atomic E-state index is -0.284. The van der Waals surface area contributed by atoms with Crippen molar-refractivity contribution in [3.05, 3.63) is 56.0 Å². The third-order valence-electron chi connectivity index (χ3n) is 5.72. The van der Waals surface area contributed by atoms with Gasteiger partial charge in [-0.25, -0.2) is 4.39 Å². The van der Waals surface area contributed by atoms with Crippen molar-refractivity contribution in [3.8, 4) is 0 Å². The fourth-order valence-electron chi connectivity index (χ4n) is 4.32. The van der Waals surface area contributed by atoms with Crippen LogP contribution in [0.25, 0.3) is 0 Å². The number of ether oxygens (including phenoxy) is 1. The number of fused-ring (bicyclic) bond motifs is 2. The summed E-state index contributed by atoms with van der Waals surface area (Å²) in [6.45, 7) is 4.63. The van der Waals surface area contributed by atoms with Crippen LogP contribution in [0.15, 0.2) is 24.3 Å². The number of aliphatic hydroxyl groups is 1. The predicted octanol–water partition coefficient (Wildman–Crippen LogP) is 4.49. The number of thiophene rings is 1. The molecule has 1 aromatic carbocycles. The molecule has 6 heteroatoms. The summed E-state index contributed by atoms with van der Waals surface area (Å²) in [4.78, 5) is 3.64. The first-order valence-electron chi connectivity index (χ1n) is 9.06. The zero-order chi connectivity index (χ0) is 18.3. The van der Waals surface area contributed by atoms with Gasteiger partial charge < -0.3 is 9.84 Å². The Kier molecular flexibility index (Phi) is 5.10. The molecule has 0 amide bonds. The van der Waals surface area contributed by atoms with Gasteiger partial charge in [-0.15, -0.1) is 11.3 Å². The van der Waals surface area contributed by atoms with E-state index in [-0.39, 0.29) is 18.0 Å². The summed E-state index contributed by atoms with van der Waals surface area (Å²) >= 11 is 7.96. The number of likely N-dealkylation sites (tertiary alicyclic amines) is 1. The zero-order valence-corrected chi connectivity index (χ0v) is 16.4. The maximum absolute atomic E-state index is 13.1. The summed E-state index contributed by atoms with van der Waals surface area (Å²) in [5.74, 6) is -0.197. The van der Waals surface area contributed by atoms with E-state index in [1.807, 2.05) is 12.1 Å². The van der Waals surface area contributed by atoms with Gasteiger partial charge in [0.25, 0.3) is 0 Å². The van der Waals surface area contributed by atoms with Crippen LogP contribution in [0.1, 0.15) is 41.3 Å². The molecule has 1 N–H and O–H groups in total. The standard InChI is InChI=1S/C20H23ClFNO2S/c1-13-10-20(7-8-23(13)11-14-2-4-15(22)5-3-14)18-16(6-9-25-20)17(12-24)19(21)26-18/h2-5,13,24H,6-12H2,1H3/t13-,20+/m0/s1. The first kappa shape index (κ1) is 18.4. The van der Waals surface area contributed by atoms with Gasteiger partial charge in [0.1, 0.15) is 11.4 Å². The van der Waals surface area contributed by atoms with Crippen LogP contribution in [0.4, 0.5) is 4.39 Å². The van der Waals surface area contributed by atoms with E-state index < -0.39 is 0 Å². The minimum Gasteiger partial charge on any atom is -0.392 e. The first-order chi connectivity index (χ1) is 12.5. The van der Waals surface area contributed by atoms with Crippen molar-refractivity contribution in [2.24, 2.45) is 0 Å². The van der Waals surface area contributed by atoms with Crippen LogP contribution in [0, 0.1) is 5.82 Å². The lowest BCUT2D eigenvalue weighted by Crippen LogP contribution is -2.50. The molecule has 2 atom stereocenters. The lowest BCUT2D eigenvalue weighted by Gasteiger charge is -2.47. The highest BCUT2D eigenvalue weighted by Gasteiger charge is 2.45. The number of hydrogen-bond donors (Lipinski definition) is 1. The number of halogens is 2. The van der Waals surface area contributed by atoms with E-state index in [4.69, 9.17) is 16.3 Å². The van der Waals surface area contributed by atoms with E-state index in [1.165, 1.54) is 22.6 Å². The molecule has 1 aromatic heterocycles. The molecule has 0 saturated carbocycles. The molecule has 0 aliphatic carbocycles. The molecule has 0 radical (unpaired) electrons. The third kappa shape index (κ3) is 3.20. The Hall–Kier alpha value is -0.980. The highest BCUT2D eigenvalue weighted by atomic mass is 35.5. The van der Waals surface area contributed by atoms with Gasteiger partial charge in [0, 0.05) is 29.6 Å². The molecule has 0 bridgehead atoms. The number of aliphatic hydroxyl groups excluding tert-OH is 1. The maximum atomic E-state index is 13.1. The molecule has 0 unspecified atom stereocenters. The van der Waals surface area contributed by atoms with Crippen LogP contribution < -0.4 is 0 Å². The molecule has 2 aromatic rings. The molecule has 2 aliphatic heterocycles. The monoisotopic (exact) mass is 395 g/mol. The van der Waals surface area contributed by atoms with Crippen LogP contribution in [-0.4, -0.2) is 29.2 Å². The van der Waals surface area contributed by atoms with Crippen molar-refractivity contribution in [1.29, 1.82) is 0 Å². The topological polar surface area (TPSA) is 32.7 Å². The molecule has 1 saturated heterocycles. The summed E-state index contributed by atoms with van der Waals surface area (Å²) < 4.78 is 20.1. The Balaban J connectivity index is 1.55. The molecule has 1 spiro atoms. The molecule has 140 valence electrons. The van der Waals surface area contributed by atoms with Gasteiger partial charge >= 0.3 is 0 Å². The Bertz CT molecular complexity index is 794.